The van der Waals surface area contributed by atoms with Gasteiger partial charge in [-0.1, -0.05) is 29.3 Å². The predicted octanol–water partition coefficient (Wildman–Crippen LogP) is 3.36. The van der Waals surface area contributed by atoms with Crippen LogP contribution in [-0.4, -0.2) is 26.2 Å². The topological polar surface area (TPSA) is 79.6 Å². The van der Waals surface area contributed by atoms with Crippen LogP contribution in [0.1, 0.15) is 5.56 Å². The molecule has 1 aromatic rings. The Kier molecular flexibility index (Phi) is 5.86. The zero-order chi connectivity index (χ0) is 18.6. The molecule has 2 rings (SSSR count). The summed E-state index contributed by atoms with van der Waals surface area (Å²) in [6, 6.07) is 4.95. The third-order valence-corrected chi connectivity index (χ3v) is 4.14. The van der Waals surface area contributed by atoms with Gasteiger partial charge in [0.2, 0.25) is 0 Å². The van der Waals surface area contributed by atoms with Crippen LogP contribution >= 0.6 is 23.2 Å². The van der Waals surface area contributed by atoms with E-state index in [2.05, 4.69) is 0 Å². The Hall–Kier alpha value is -2.75. The van der Waals surface area contributed by atoms with Crippen molar-refractivity contribution in [2.45, 2.75) is 0 Å². The van der Waals surface area contributed by atoms with Gasteiger partial charge in [-0.15, -0.1) is 0 Å². The molecular formula is C17H12Cl2N2O4. The Labute approximate surface area is 154 Å². The molecule has 128 valence electrons. The molecule has 0 saturated heterocycles. The summed E-state index contributed by atoms with van der Waals surface area (Å²) < 4.78 is 9.52. The highest BCUT2D eigenvalue weighted by molar-refractivity contribution is 6.43. The molecule has 0 radical (unpaired) electrons. The average molecular weight is 379 g/mol. The molecular weight excluding hydrogens is 367 g/mol. The molecule has 0 atom stereocenters. The average Bonchev–Trinajstić information content (AvgIpc) is 2.85. The molecule has 1 aromatic carbocycles. The van der Waals surface area contributed by atoms with E-state index in [1.165, 1.54) is 43.5 Å². The van der Waals surface area contributed by atoms with Crippen LogP contribution in [0.3, 0.4) is 0 Å². The fraction of sp³-hybridized carbons (Fsp3) is 0.118. The fourth-order valence-electron chi connectivity index (χ4n) is 2.20. The molecule has 25 heavy (non-hydrogen) atoms. The highest BCUT2D eigenvalue weighted by Crippen LogP contribution is 2.36. The Bertz CT molecular complexity index is 866. The van der Waals surface area contributed by atoms with Gasteiger partial charge in [0.05, 0.1) is 41.1 Å². The SMILES string of the molecule is COC(=O)C1=C(C(=O)OC)N(c2ccc(Cl)c(Cl)c2C#N)C=CC=C1. The second-order valence-corrected chi connectivity index (χ2v) is 5.47. The van der Waals surface area contributed by atoms with E-state index in [0.29, 0.717) is 0 Å². The van der Waals surface area contributed by atoms with E-state index < -0.39 is 11.9 Å². The molecule has 1 aliphatic rings. The summed E-state index contributed by atoms with van der Waals surface area (Å²) in [6.45, 7) is 0. The number of benzene rings is 1. The Morgan fingerprint density at radius 2 is 1.80 bits per heavy atom. The van der Waals surface area contributed by atoms with Crippen molar-refractivity contribution < 1.29 is 19.1 Å². The fourth-order valence-corrected chi connectivity index (χ4v) is 2.56. The van der Waals surface area contributed by atoms with Gasteiger partial charge in [-0.05, 0) is 24.3 Å². The monoisotopic (exact) mass is 378 g/mol. The van der Waals surface area contributed by atoms with Crippen LogP contribution in [-0.2, 0) is 19.1 Å². The van der Waals surface area contributed by atoms with Gasteiger partial charge in [0.25, 0.3) is 0 Å². The van der Waals surface area contributed by atoms with Crippen LogP contribution < -0.4 is 4.90 Å². The number of anilines is 1. The normalized spacial score (nSPS) is 13.3. The first-order valence-electron chi connectivity index (χ1n) is 6.89. The number of nitriles is 1. The molecule has 1 aliphatic heterocycles. The van der Waals surface area contributed by atoms with Crippen molar-refractivity contribution in [1.29, 1.82) is 5.26 Å². The van der Waals surface area contributed by atoms with Crippen molar-refractivity contribution >= 4 is 40.8 Å². The summed E-state index contributed by atoms with van der Waals surface area (Å²) in [7, 11) is 2.38. The number of ether oxygens (including phenoxy) is 2. The number of carbonyl (C=O) groups is 2. The maximum atomic E-state index is 12.3. The third-order valence-electron chi connectivity index (χ3n) is 3.33. The summed E-state index contributed by atoms with van der Waals surface area (Å²) in [5.74, 6) is -1.52. The van der Waals surface area contributed by atoms with E-state index in [4.69, 9.17) is 32.7 Å². The Morgan fingerprint density at radius 3 is 2.40 bits per heavy atom. The summed E-state index contributed by atoms with van der Waals surface area (Å²) in [4.78, 5) is 25.8. The third kappa shape index (κ3) is 3.53. The summed E-state index contributed by atoms with van der Waals surface area (Å²) >= 11 is 12.1. The number of allylic oxidation sites excluding steroid dienone is 2. The first-order valence-corrected chi connectivity index (χ1v) is 7.65. The van der Waals surface area contributed by atoms with Gasteiger partial charge in [-0.2, -0.15) is 5.26 Å². The molecule has 0 aromatic heterocycles. The quantitative estimate of drug-likeness (QED) is 0.750. The van der Waals surface area contributed by atoms with Crippen LogP contribution in [0.25, 0.3) is 0 Å². The lowest BCUT2D eigenvalue weighted by Gasteiger charge is -2.24. The standard InChI is InChI=1S/C17H12Cl2N2O4/c1-24-16(22)10-5-3-4-8-21(15(10)17(23)25-2)13-7-6-12(18)14(19)11(13)9-20/h3-8H,1-2H3. The number of methoxy groups -OCH3 is 2. The van der Waals surface area contributed by atoms with Gasteiger partial charge in [-0.25, -0.2) is 9.59 Å². The van der Waals surface area contributed by atoms with E-state index in [9.17, 15) is 14.9 Å². The first-order chi connectivity index (χ1) is 12.0. The van der Waals surface area contributed by atoms with Crippen LogP contribution in [0.2, 0.25) is 10.0 Å². The molecule has 8 heteroatoms. The number of nitrogens with zero attached hydrogens (tertiary/aromatic N) is 2. The van der Waals surface area contributed by atoms with E-state index in [0.717, 1.165) is 0 Å². The van der Waals surface area contributed by atoms with Crippen molar-refractivity contribution in [3.8, 4) is 6.07 Å². The van der Waals surface area contributed by atoms with Crippen molar-refractivity contribution in [2.24, 2.45) is 0 Å². The van der Waals surface area contributed by atoms with Crippen molar-refractivity contribution in [1.82, 2.24) is 0 Å². The minimum atomic E-state index is -0.786. The van der Waals surface area contributed by atoms with Gasteiger partial charge in [0, 0.05) is 6.20 Å². The molecule has 0 aliphatic carbocycles. The van der Waals surface area contributed by atoms with Gasteiger partial charge < -0.3 is 14.4 Å². The van der Waals surface area contributed by atoms with Crippen molar-refractivity contribution in [3.05, 3.63) is 63.4 Å². The molecule has 0 unspecified atom stereocenters. The Morgan fingerprint density at radius 1 is 1.12 bits per heavy atom. The zero-order valence-electron chi connectivity index (χ0n) is 13.2. The van der Waals surface area contributed by atoms with Crippen molar-refractivity contribution in [3.63, 3.8) is 0 Å². The number of halogens is 2. The second kappa shape index (κ2) is 7.88. The van der Waals surface area contributed by atoms with Crippen LogP contribution in [0.5, 0.6) is 0 Å². The maximum Gasteiger partial charge on any atom is 0.355 e. The largest absolute Gasteiger partial charge is 0.465 e. The van der Waals surface area contributed by atoms with Gasteiger partial charge in [-0.3, -0.25) is 0 Å². The van der Waals surface area contributed by atoms with E-state index in [-0.39, 0.29) is 32.6 Å². The summed E-state index contributed by atoms with van der Waals surface area (Å²) in [6.07, 6.45) is 6.05. The second-order valence-electron chi connectivity index (χ2n) is 4.68. The minimum Gasteiger partial charge on any atom is -0.465 e. The van der Waals surface area contributed by atoms with Crippen LogP contribution in [0, 0.1) is 11.3 Å². The smallest absolute Gasteiger partial charge is 0.355 e. The lowest BCUT2D eigenvalue weighted by molar-refractivity contribution is -0.139. The van der Waals surface area contributed by atoms with Crippen molar-refractivity contribution in [2.75, 3.05) is 19.1 Å². The molecule has 0 saturated carbocycles. The van der Waals surface area contributed by atoms with Gasteiger partial charge in [0.1, 0.15) is 11.8 Å². The number of hydrogen-bond donors (Lipinski definition) is 0. The highest BCUT2D eigenvalue weighted by Gasteiger charge is 2.29. The molecule has 0 amide bonds. The first kappa shape index (κ1) is 18.6. The number of rotatable bonds is 3. The molecule has 6 nitrogen and oxygen atoms in total. The molecule has 0 fully saturated rings. The molecule has 0 bridgehead atoms. The van der Waals surface area contributed by atoms with Crippen LogP contribution in [0.4, 0.5) is 5.69 Å². The molecule has 1 heterocycles. The predicted molar refractivity (Wildman–Crippen MR) is 93.0 cm³/mol. The lowest BCUT2D eigenvalue weighted by Crippen LogP contribution is -2.27. The van der Waals surface area contributed by atoms with Gasteiger partial charge >= 0.3 is 11.9 Å². The lowest BCUT2D eigenvalue weighted by atomic mass is 10.1. The summed E-state index contributed by atoms with van der Waals surface area (Å²) in [5, 5.41) is 9.67. The maximum absolute atomic E-state index is 12.3. The summed E-state index contributed by atoms with van der Waals surface area (Å²) in [5.41, 5.74) is 0.161. The molecule has 0 N–H and O–H groups in total. The van der Waals surface area contributed by atoms with E-state index in [1.54, 1.807) is 12.2 Å². The van der Waals surface area contributed by atoms with E-state index >= 15 is 0 Å². The number of hydrogen-bond acceptors (Lipinski definition) is 6. The number of carbonyl (C=O) groups excluding carboxylic acids is 2. The van der Waals surface area contributed by atoms with Gasteiger partial charge in [0.15, 0.2) is 0 Å². The Balaban J connectivity index is 2.79. The zero-order valence-corrected chi connectivity index (χ0v) is 14.8. The minimum absolute atomic E-state index is 0.0330. The number of esters is 2. The highest BCUT2D eigenvalue weighted by atomic mass is 35.5. The van der Waals surface area contributed by atoms with Crippen LogP contribution in [0.15, 0.2) is 47.8 Å². The molecule has 0 spiro atoms. The van der Waals surface area contributed by atoms with E-state index in [1.807, 2.05) is 6.07 Å².